The summed E-state index contributed by atoms with van der Waals surface area (Å²) in [5.74, 6) is -0.217. The molecule has 0 saturated carbocycles. The van der Waals surface area contributed by atoms with Gasteiger partial charge in [0.1, 0.15) is 5.82 Å². The molecule has 0 aliphatic rings. The van der Waals surface area contributed by atoms with Crippen LogP contribution in [0.4, 0.5) is 4.39 Å². The minimum absolute atomic E-state index is 0. The standard InChI is InChI=1S/C10H9FN2S.ClH/c11-9-4-2-1-3-8(9)7-13-5-6-14-10(13)12;/h1-6,12H,7H2;1H/p-1. The summed E-state index contributed by atoms with van der Waals surface area (Å²) >= 11 is 1.34. The van der Waals surface area contributed by atoms with Gasteiger partial charge >= 0.3 is 0 Å². The molecule has 0 aliphatic carbocycles. The SMILES string of the molecule is N=c1sccn1Cc1ccccc1F.[Cl-]. The number of hydrogen-bond acceptors (Lipinski definition) is 2. The van der Waals surface area contributed by atoms with Gasteiger partial charge in [0, 0.05) is 17.1 Å². The minimum atomic E-state index is -0.217. The number of rotatable bonds is 2. The van der Waals surface area contributed by atoms with Crippen LogP contribution in [0.5, 0.6) is 0 Å². The molecular weight excluding hydrogens is 235 g/mol. The molecule has 2 aromatic rings. The second-order valence-corrected chi connectivity index (χ2v) is 3.82. The summed E-state index contributed by atoms with van der Waals surface area (Å²) in [7, 11) is 0. The molecule has 1 heterocycles. The van der Waals surface area contributed by atoms with Crippen LogP contribution in [0.25, 0.3) is 0 Å². The Kier molecular flexibility index (Phi) is 4.05. The van der Waals surface area contributed by atoms with E-state index in [0.29, 0.717) is 16.9 Å². The topological polar surface area (TPSA) is 28.8 Å². The van der Waals surface area contributed by atoms with Crippen LogP contribution >= 0.6 is 11.3 Å². The van der Waals surface area contributed by atoms with Crippen molar-refractivity contribution in [1.82, 2.24) is 4.57 Å². The van der Waals surface area contributed by atoms with E-state index in [0.717, 1.165) is 0 Å². The van der Waals surface area contributed by atoms with Gasteiger partial charge in [0.05, 0.1) is 6.54 Å². The first kappa shape index (κ1) is 11.9. The van der Waals surface area contributed by atoms with Crippen LogP contribution in [0, 0.1) is 11.2 Å². The predicted molar refractivity (Wildman–Crippen MR) is 53.7 cm³/mol. The third kappa shape index (κ3) is 2.67. The van der Waals surface area contributed by atoms with E-state index in [2.05, 4.69) is 0 Å². The fourth-order valence-corrected chi connectivity index (χ4v) is 1.84. The lowest BCUT2D eigenvalue weighted by Crippen LogP contribution is -3.00. The molecule has 0 aliphatic heterocycles. The van der Waals surface area contributed by atoms with Crippen LogP contribution in [0.15, 0.2) is 35.8 Å². The predicted octanol–water partition coefficient (Wildman–Crippen LogP) is -0.780. The molecule has 1 aromatic heterocycles. The highest BCUT2D eigenvalue weighted by Gasteiger charge is 2.01. The summed E-state index contributed by atoms with van der Waals surface area (Å²) in [4.78, 5) is 0.438. The maximum absolute atomic E-state index is 13.2. The van der Waals surface area contributed by atoms with E-state index in [9.17, 15) is 4.39 Å². The largest absolute Gasteiger partial charge is 1.00 e. The Bertz CT molecular complexity index is 492. The molecule has 0 amide bonds. The van der Waals surface area contributed by atoms with Gasteiger partial charge in [-0.1, -0.05) is 18.2 Å². The maximum atomic E-state index is 13.2. The molecule has 0 fully saturated rings. The summed E-state index contributed by atoms with van der Waals surface area (Å²) in [6.07, 6.45) is 1.79. The van der Waals surface area contributed by atoms with Gasteiger partial charge < -0.3 is 17.0 Å². The highest BCUT2D eigenvalue weighted by Crippen LogP contribution is 2.07. The first-order valence-corrected chi connectivity index (χ1v) is 5.07. The average molecular weight is 244 g/mol. The zero-order chi connectivity index (χ0) is 9.97. The Hall–Kier alpha value is -1.13. The van der Waals surface area contributed by atoms with E-state index in [1.165, 1.54) is 17.4 Å². The summed E-state index contributed by atoms with van der Waals surface area (Å²) in [6, 6.07) is 6.64. The van der Waals surface area contributed by atoms with Crippen LogP contribution in [-0.2, 0) is 6.54 Å². The Morgan fingerprint density at radius 3 is 2.67 bits per heavy atom. The lowest BCUT2D eigenvalue weighted by atomic mass is 10.2. The number of halogens is 2. The van der Waals surface area contributed by atoms with Crippen molar-refractivity contribution < 1.29 is 16.8 Å². The van der Waals surface area contributed by atoms with Crippen molar-refractivity contribution in [3.63, 3.8) is 0 Å². The quantitative estimate of drug-likeness (QED) is 0.717. The van der Waals surface area contributed by atoms with E-state index >= 15 is 0 Å². The second-order valence-electron chi connectivity index (χ2n) is 2.93. The van der Waals surface area contributed by atoms with Crippen molar-refractivity contribution in [2.45, 2.75) is 6.54 Å². The Balaban J connectivity index is 0.00000112. The molecule has 1 aromatic carbocycles. The molecule has 5 heteroatoms. The van der Waals surface area contributed by atoms with Gasteiger partial charge in [-0.05, 0) is 6.07 Å². The summed E-state index contributed by atoms with van der Waals surface area (Å²) < 4.78 is 15.0. The summed E-state index contributed by atoms with van der Waals surface area (Å²) in [5, 5.41) is 9.35. The third-order valence-electron chi connectivity index (χ3n) is 1.98. The molecule has 0 unspecified atom stereocenters. The van der Waals surface area contributed by atoms with Gasteiger partial charge in [0.15, 0.2) is 4.80 Å². The van der Waals surface area contributed by atoms with Crippen LogP contribution in [0.3, 0.4) is 0 Å². The van der Waals surface area contributed by atoms with Crippen LogP contribution in [-0.4, -0.2) is 4.57 Å². The highest BCUT2D eigenvalue weighted by atomic mass is 35.5. The molecule has 15 heavy (non-hydrogen) atoms. The van der Waals surface area contributed by atoms with Crippen molar-refractivity contribution in [2.75, 3.05) is 0 Å². The lowest BCUT2D eigenvalue weighted by Gasteiger charge is -2.03. The molecular formula is C10H9ClFN2S-. The van der Waals surface area contributed by atoms with Gasteiger partial charge in [-0.15, -0.1) is 11.3 Å². The number of nitrogens with one attached hydrogen (secondary N) is 1. The van der Waals surface area contributed by atoms with Gasteiger partial charge in [-0.3, -0.25) is 5.41 Å². The van der Waals surface area contributed by atoms with Crippen LogP contribution in [0.1, 0.15) is 5.56 Å². The van der Waals surface area contributed by atoms with Crippen molar-refractivity contribution in [3.05, 3.63) is 52.0 Å². The van der Waals surface area contributed by atoms with Crippen molar-refractivity contribution >= 4 is 11.3 Å². The Morgan fingerprint density at radius 1 is 1.33 bits per heavy atom. The normalized spacial score (nSPS) is 9.67. The van der Waals surface area contributed by atoms with Crippen molar-refractivity contribution in [3.8, 4) is 0 Å². The maximum Gasteiger partial charge on any atom is 0.182 e. The first-order valence-electron chi connectivity index (χ1n) is 4.19. The number of thiazole rings is 1. The molecule has 0 saturated heterocycles. The van der Waals surface area contributed by atoms with E-state index in [1.807, 2.05) is 5.38 Å². The van der Waals surface area contributed by atoms with Gasteiger partial charge in [0.2, 0.25) is 0 Å². The van der Waals surface area contributed by atoms with Crippen molar-refractivity contribution in [2.24, 2.45) is 0 Å². The fourth-order valence-electron chi connectivity index (χ4n) is 1.24. The third-order valence-corrected chi connectivity index (χ3v) is 2.70. The van der Waals surface area contributed by atoms with E-state index in [-0.39, 0.29) is 18.2 Å². The summed E-state index contributed by atoms with van der Waals surface area (Å²) in [6.45, 7) is 0.426. The number of benzene rings is 1. The van der Waals surface area contributed by atoms with E-state index < -0.39 is 0 Å². The van der Waals surface area contributed by atoms with Crippen molar-refractivity contribution in [1.29, 1.82) is 5.41 Å². The molecule has 0 spiro atoms. The van der Waals surface area contributed by atoms with Crippen LogP contribution < -0.4 is 17.2 Å². The Morgan fingerprint density at radius 2 is 2.07 bits per heavy atom. The smallest absolute Gasteiger partial charge is 0.182 e. The zero-order valence-corrected chi connectivity index (χ0v) is 9.36. The summed E-state index contributed by atoms with van der Waals surface area (Å²) in [5.41, 5.74) is 0.615. The average Bonchev–Trinajstić information content (AvgIpc) is 2.56. The number of hydrogen-bond donors (Lipinski definition) is 1. The molecule has 2 nitrogen and oxygen atoms in total. The molecule has 2 rings (SSSR count). The van der Waals surface area contributed by atoms with Crippen LogP contribution in [0.2, 0.25) is 0 Å². The zero-order valence-electron chi connectivity index (χ0n) is 7.78. The number of nitrogens with zero attached hydrogens (tertiary/aromatic N) is 1. The lowest BCUT2D eigenvalue weighted by molar-refractivity contribution is -0.00000357. The first-order chi connectivity index (χ1) is 6.77. The molecule has 0 radical (unpaired) electrons. The second kappa shape index (κ2) is 5.09. The highest BCUT2D eigenvalue weighted by molar-refractivity contribution is 7.06. The molecule has 0 atom stereocenters. The molecule has 1 N–H and O–H groups in total. The van der Waals surface area contributed by atoms with E-state index in [4.69, 9.17) is 5.41 Å². The minimum Gasteiger partial charge on any atom is -1.00 e. The molecule has 0 bridgehead atoms. The Labute approximate surface area is 96.9 Å². The monoisotopic (exact) mass is 243 g/mol. The molecule has 80 valence electrons. The van der Waals surface area contributed by atoms with Gasteiger partial charge in [0.25, 0.3) is 0 Å². The fraction of sp³-hybridized carbons (Fsp3) is 0.100. The van der Waals surface area contributed by atoms with E-state index in [1.54, 1.807) is 29.0 Å². The van der Waals surface area contributed by atoms with Gasteiger partial charge in [-0.25, -0.2) is 4.39 Å². The number of aromatic nitrogens is 1. The van der Waals surface area contributed by atoms with Gasteiger partial charge in [-0.2, -0.15) is 0 Å².